The Bertz CT molecular complexity index is 233. The van der Waals surface area contributed by atoms with E-state index in [1.54, 1.807) is 0 Å². The number of nitrogens with zero attached hydrogens (tertiary/aromatic N) is 2. The van der Waals surface area contributed by atoms with Crippen molar-refractivity contribution in [1.82, 2.24) is 9.55 Å². The molecule has 0 saturated heterocycles. The number of hydrogen-bond donors (Lipinski definition) is 0. The smallest absolute Gasteiger partial charge is 0.121 e. The van der Waals surface area contributed by atoms with Crippen LogP contribution in [-0.2, 0) is 13.5 Å². The molecule has 72 valence electrons. The van der Waals surface area contributed by atoms with Gasteiger partial charge < -0.3 is 4.57 Å². The average Bonchev–Trinajstić information content (AvgIpc) is 2.52. The maximum Gasteiger partial charge on any atom is 0.121 e. The lowest BCUT2D eigenvalue weighted by atomic mass is 9.69. The summed E-state index contributed by atoms with van der Waals surface area (Å²) in [7, 11) is 3.41. The van der Waals surface area contributed by atoms with E-state index in [0.29, 0.717) is 0 Å². The largest absolute Gasteiger partial charge is 0.338 e. The van der Waals surface area contributed by atoms with Gasteiger partial charge in [0.25, 0.3) is 0 Å². The van der Waals surface area contributed by atoms with Crippen molar-refractivity contribution in [2.24, 2.45) is 7.05 Å². The molecular weight excluding hydrogens is 159 g/mol. The van der Waals surface area contributed by atoms with Crippen LogP contribution in [0.1, 0.15) is 25.6 Å². The van der Waals surface area contributed by atoms with E-state index in [-0.39, 0.29) is 0 Å². The zero-order chi connectivity index (χ0) is 9.52. The third kappa shape index (κ3) is 3.66. The van der Waals surface area contributed by atoms with E-state index in [4.69, 9.17) is 0 Å². The third-order valence-electron chi connectivity index (χ3n) is 2.42. The van der Waals surface area contributed by atoms with Gasteiger partial charge in [0.05, 0.1) is 0 Å². The first-order valence-electron chi connectivity index (χ1n) is 5.30. The molecule has 0 aromatic carbocycles. The van der Waals surface area contributed by atoms with Crippen LogP contribution in [0.4, 0.5) is 0 Å². The van der Waals surface area contributed by atoms with Gasteiger partial charge in [-0.25, -0.2) is 4.98 Å². The third-order valence-corrected chi connectivity index (χ3v) is 2.42. The molecule has 0 N–H and O–H groups in total. The standard InChI is InChI=1S/C10H19BN2/c1-3-4-6-11-7-5-10-12-8-9-13(10)2/h8-9,11H,3-7H2,1-2H3. The Morgan fingerprint density at radius 1 is 1.46 bits per heavy atom. The van der Waals surface area contributed by atoms with Crippen molar-refractivity contribution >= 4 is 7.28 Å². The van der Waals surface area contributed by atoms with E-state index in [2.05, 4.69) is 23.5 Å². The highest BCUT2D eigenvalue weighted by Crippen LogP contribution is 2.02. The maximum atomic E-state index is 4.30. The van der Waals surface area contributed by atoms with Gasteiger partial charge in [-0.1, -0.05) is 32.4 Å². The molecule has 2 nitrogen and oxygen atoms in total. The Morgan fingerprint density at radius 2 is 2.31 bits per heavy atom. The summed E-state index contributed by atoms with van der Waals surface area (Å²) in [4.78, 5) is 4.30. The van der Waals surface area contributed by atoms with Gasteiger partial charge in [0.2, 0.25) is 0 Å². The number of aromatic nitrogens is 2. The minimum absolute atomic E-state index is 1.13. The second-order valence-electron chi connectivity index (χ2n) is 3.62. The van der Waals surface area contributed by atoms with Gasteiger partial charge in [-0.2, -0.15) is 0 Å². The zero-order valence-electron chi connectivity index (χ0n) is 8.79. The van der Waals surface area contributed by atoms with E-state index in [1.165, 1.54) is 38.6 Å². The van der Waals surface area contributed by atoms with E-state index >= 15 is 0 Å². The molecule has 0 unspecified atom stereocenters. The van der Waals surface area contributed by atoms with Crippen LogP contribution in [0.5, 0.6) is 0 Å². The van der Waals surface area contributed by atoms with Gasteiger partial charge in [-0.05, 0) is 6.42 Å². The lowest BCUT2D eigenvalue weighted by Crippen LogP contribution is -1.99. The Labute approximate surface area is 81.6 Å². The Balaban J connectivity index is 2.10. The monoisotopic (exact) mass is 178 g/mol. The first kappa shape index (κ1) is 10.4. The van der Waals surface area contributed by atoms with Crippen LogP contribution in [0, 0.1) is 0 Å². The fourth-order valence-electron chi connectivity index (χ4n) is 1.52. The van der Waals surface area contributed by atoms with Crippen LogP contribution in [0.3, 0.4) is 0 Å². The minimum atomic E-state index is 1.13. The second kappa shape index (κ2) is 5.84. The predicted octanol–water partition coefficient (Wildman–Crippen LogP) is 2.04. The highest BCUT2D eigenvalue weighted by Gasteiger charge is 1.98. The van der Waals surface area contributed by atoms with Crippen LogP contribution in [0.15, 0.2) is 12.4 Å². The van der Waals surface area contributed by atoms with Crippen molar-refractivity contribution in [2.45, 2.75) is 38.8 Å². The maximum absolute atomic E-state index is 4.30. The van der Waals surface area contributed by atoms with Crippen LogP contribution in [0.25, 0.3) is 0 Å². The number of unbranched alkanes of at least 4 members (excludes halogenated alkanes) is 1. The van der Waals surface area contributed by atoms with Crippen LogP contribution < -0.4 is 0 Å². The lowest BCUT2D eigenvalue weighted by Gasteiger charge is -2.00. The fourth-order valence-corrected chi connectivity index (χ4v) is 1.52. The van der Waals surface area contributed by atoms with Crippen molar-refractivity contribution in [1.29, 1.82) is 0 Å². The predicted molar refractivity (Wildman–Crippen MR) is 58.6 cm³/mol. The molecule has 0 bridgehead atoms. The van der Waals surface area contributed by atoms with Gasteiger partial charge >= 0.3 is 0 Å². The van der Waals surface area contributed by atoms with Crippen molar-refractivity contribution < 1.29 is 0 Å². The summed E-state index contributed by atoms with van der Waals surface area (Å²) >= 11 is 0. The minimum Gasteiger partial charge on any atom is -0.338 e. The SMILES string of the molecule is CCCCBCCc1nccn1C. The van der Waals surface area contributed by atoms with Gasteiger partial charge in [0, 0.05) is 19.4 Å². The van der Waals surface area contributed by atoms with Crippen LogP contribution >= 0.6 is 0 Å². The van der Waals surface area contributed by atoms with Crippen LogP contribution in [0.2, 0.25) is 12.6 Å². The first-order chi connectivity index (χ1) is 6.34. The van der Waals surface area contributed by atoms with E-state index in [1.807, 2.05) is 12.4 Å². The van der Waals surface area contributed by atoms with Gasteiger partial charge in [-0.3, -0.25) is 0 Å². The molecule has 0 fully saturated rings. The molecule has 3 heteroatoms. The van der Waals surface area contributed by atoms with Crippen molar-refractivity contribution in [2.75, 3.05) is 0 Å². The summed E-state index contributed by atoms with van der Waals surface area (Å²) in [6.07, 6.45) is 10.4. The topological polar surface area (TPSA) is 17.8 Å². The molecule has 0 aliphatic carbocycles. The molecule has 1 heterocycles. The molecular formula is C10H19BN2. The summed E-state index contributed by atoms with van der Waals surface area (Å²) < 4.78 is 2.11. The summed E-state index contributed by atoms with van der Waals surface area (Å²) in [6, 6.07) is 0. The Kier molecular flexibility index (Phi) is 4.65. The second-order valence-corrected chi connectivity index (χ2v) is 3.62. The molecule has 13 heavy (non-hydrogen) atoms. The molecule has 0 amide bonds. The number of rotatable bonds is 6. The molecule has 1 aromatic rings. The van der Waals surface area contributed by atoms with E-state index < -0.39 is 0 Å². The molecule has 0 spiro atoms. The summed E-state index contributed by atoms with van der Waals surface area (Å²) in [5, 5.41) is 0. The van der Waals surface area contributed by atoms with Crippen LogP contribution in [-0.4, -0.2) is 16.8 Å². The normalized spacial score (nSPS) is 10.3. The number of aryl methyl sites for hydroxylation is 2. The molecule has 0 aliphatic heterocycles. The summed E-state index contributed by atoms with van der Waals surface area (Å²) in [5.41, 5.74) is 0. The highest BCUT2D eigenvalue weighted by molar-refractivity contribution is 6.35. The summed E-state index contributed by atoms with van der Waals surface area (Å²) in [6.45, 7) is 2.25. The fraction of sp³-hybridized carbons (Fsp3) is 0.700. The zero-order valence-corrected chi connectivity index (χ0v) is 8.79. The molecule has 0 aliphatic rings. The van der Waals surface area contributed by atoms with E-state index in [0.717, 1.165) is 6.42 Å². The Morgan fingerprint density at radius 3 is 2.92 bits per heavy atom. The highest BCUT2D eigenvalue weighted by atomic mass is 15.0. The number of hydrogen-bond acceptors (Lipinski definition) is 1. The van der Waals surface area contributed by atoms with Crippen molar-refractivity contribution in [3.05, 3.63) is 18.2 Å². The molecule has 0 atom stereocenters. The van der Waals surface area contributed by atoms with Crippen molar-refractivity contribution in [3.8, 4) is 0 Å². The molecule has 1 aromatic heterocycles. The molecule has 0 saturated carbocycles. The van der Waals surface area contributed by atoms with Gasteiger partial charge in [0.1, 0.15) is 13.1 Å². The van der Waals surface area contributed by atoms with Crippen molar-refractivity contribution in [3.63, 3.8) is 0 Å². The molecule has 0 radical (unpaired) electrons. The Hall–Kier alpha value is -0.725. The summed E-state index contributed by atoms with van der Waals surface area (Å²) in [5.74, 6) is 1.22. The molecule has 1 rings (SSSR count). The first-order valence-corrected chi connectivity index (χ1v) is 5.30. The van der Waals surface area contributed by atoms with E-state index in [9.17, 15) is 0 Å². The number of imidazole rings is 1. The lowest BCUT2D eigenvalue weighted by molar-refractivity contribution is 0.802. The van der Waals surface area contributed by atoms with Gasteiger partial charge in [-0.15, -0.1) is 0 Å². The quantitative estimate of drug-likeness (QED) is 0.481. The van der Waals surface area contributed by atoms with Gasteiger partial charge in [0.15, 0.2) is 0 Å². The average molecular weight is 178 g/mol.